The van der Waals surface area contributed by atoms with Crippen molar-refractivity contribution in [1.29, 1.82) is 0 Å². The number of carbonyl (C=O) groups excluding carboxylic acids is 2. The highest BCUT2D eigenvalue weighted by atomic mass is 32.1. The smallest absolute Gasteiger partial charge is 0.319 e. The van der Waals surface area contributed by atoms with Gasteiger partial charge in [-0.25, -0.2) is 4.79 Å². The molecule has 0 aliphatic heterocycles. The monoisotopic (exact) mass is 343 g/mol. The topological polar surface area (TPSA) is 70.2 Å². The lowest BCUT2D eigenvalue weighted by molar-refractivity contribution is 0.0938. The van der Waals surface area contributed by atoms with Gasteiger partial charge in [-0.15, -0.1) is 11.3 Å². The van der Waals surface area contributed by atoms with Crippen LogP contribution in [0.25, 0.3) is 0 Å². The zero-order valence-corrected chi connectivity index (χ0v) is 14.2. The summed E-state index contributed by atoms with van der Waals surface area (Å²) in [6, 6.07) is 10.9. The minimum absolute atomic E-state index is 0.0457. The number of benzene rings is 1. The molecule has 3 N–H and O–H groups in total. The van der Waals surface area contributed by atoms with Crippen LogP contribution in [0.4, 0.5) is 10.5 Å². The van der Waals surface area contributed by atoms with E-state index >= 15 is 0 Å². The molecule has 0 bridgehead atoms. The van der Waals surface area contributed by atoms with Crippen molar-refractivity contribution in [2.24, 2.45) is 0 Å². The Kier molecular flexibility index (Phi) is 5.48. The molecule has 0 spiro atoms. The molecule has 6 heteroatoms. The molecule has 1 fully saturated rings. The van der Waals surface area contributed by atoms with Crippen molar-refractivity contribution in [3.8, 4) is 0 Å². The van der Waals surface area contributed by atoms with E-state index < -0.39 is 0 Å². The molecule has 1 aliphatic rings. The van der Waals surface area contributed by atoms with E-state index in [-0.39, 0.29) is 11.9 Å². The largest absolute Gasteiger partial charge is 0.349 e. The maximum absolute atomic E-state index is 12.2. The lowest BCUT2D eigenvalue weighted by Gasteiger charge is -2.12. The van der Waals surface area contributed by atoms with Crippen LogP contribution in [0.2, 0.25) is 0 Å². The van der Waals surface area contributed by atoms with E-state index in [9.17, 15) is 9.59 Å². The van der Waals surface area contributed by atoms with Gasteiger partial charge in [-0.1, -0.05) is 18.9 Å². The average molecular weight is 343 g/mol. The fourth-order valence-electron chi connectivity index (χ4n) is 2.80. The van der Waals surface area contributed by atoms with Crippen molar-refractivity contribution in [2.45, 2.75) is 38.3 Å². The number of rotatable bonds is 5. The van der Waals surface area contributed by atoms with Gasteiger partial charge < -0.3 is 16.0 Å². The van der Waals surface area contributed by atoms with Crippen LogP contribution in [0.5, 0.6) is 0 Å². The summed E-state index contributed by atoms with van der Waals surface area (Å²) in [4.78, 5) is 25.1. The molecule has 2 aromatic rings. The number of hydrogen-bond acceptors (Lipinski definition) is 3. The van der Waals surface area contributed by atoms with Gasteiger partial charge in [0.1, 0.15) is 0 Å². The molecule has 126 valence electrons. The van der Waals surface area contributed by atoms with Gasteiger partial charge in [-0.2, -0.15) is 0 Å². The molecular weight excluding hydrogens is 322 g/mol. The lowest BCUT2D eigenvalue weighted by Crippen LogP contribution is -2.32. The van der Waals surface area contributed by atoms with E-state index in [0.29, 0.717) is 23.8 Å². The second-order valence-electron chi connectivity index (χ2n) is 5.92. The molecule has 3 amide bonds. The molecular formula is C18H21N3O2S. The number of carbonyl (C=O) groups is 2. The van der Waals surface area contributed by atoms with E-state index in [1.807, 2.05) is 17.5 Å². The fourth-order valence-corrected chi connectivity index (χ4v) is 3.44. The molecule has 3 rings (SSSR count). The highest BCUT2D eigenvalue weighted by molar-refractivity contribution is 7.09. The van der Waals surface area contributed by atoms with Gasteiger partial charge in [0.2, 0.25) is 0 Å². The summed E-state index contributed by atoms with van der Waals surface area (Å²) in [6.07, 6.45) is 4.51. The summed E-state index contributed by atoms with van der Waals surface area (Å²) >= 11 is 1.60. The van der Waals surface area contributed by atoms with Crippen LogP contribution >= 0.6 is 11.3 Å². The van der Waals surface area contributed by atoms with Crippen molar-refractivity contribution in [1.82, 2.24) is 10.6 Å². The molecule has 0 radical (unpaired) electrons. The summed E-state index contributed by atoms with van der Waals surface area (Å²) in [7, 11) is 0. The van der Waals surface area contributed by atoms with Crippen molar-refractivity contribution >= 4 is 29.0 Å². The molecule has 1 aliphatic carbocycles. The standard InChI is InChI=1S/C18H21N3O2S/c22-17(20-14-4-1-2-5-14)13-7-9-15(10-8-13)21-18(23)19-12-16-6-3-11-24-16/h3,6-11,14H,1-2,4-5,12H2,(H,20,22)(H2,19,21,23). The molecule has 0 saturated heterocycles. The first-order valence-electron chi connectivity index (χ1n) is 8.19. The van der Waals surface area contributed by atoms with Crippen LogP contribution in [0, 0.1) is 0 Å². The van der Waals surface area contributed by atoms with Gasteiger partial charge in [-0.05, 0) is 48.6 Å². The van der Waals surface area contributed by atoms with Crippen molar-refractivity contribution in [3.05, 3.63) is 52.2 Å². The number of nitrogens with one attached hydrogen (secondary N) is 3. The van der Waals surface area contributed by atoms with Gasteiger partial charge in [0.25, 0.3) is 5.91 Å². The van der Waals surface area contributed by atoms with Crippen LogP contribution in [0.15, 0.2) is 41.8 Å². The number of urea groups is 1. The predicted octanol–water partition coefficient (Wildman–Crippen LogP) is 3.74. The van der Waals surface area contributed by atoms with E-state index in [0.717, 1.165) is 17.7 Å². The van der Waals surface area contributed by atoms with Gasteiger partial charge in [-0.3, -0.25) is 4.79 Å². The molecule has 1 heterocycles. The summed E-state index contributed by atoms with van der Waals surface area (Å²) in [6.45, 7) is 0.505. The summed E-state index contributed by atoms with van der Waals surface area (Å²) in [5, 5.41) is 10.6. The molecule has 24 heavy (non-hydrogen) atoms. The normalized spacial score (nSPS) is 14.3. The Morgan fingerprint density at radius 3 is 2.50 bits per heavy atom. The minimum atomic E-state index is -0.258. The number of hydrogen-bond donors (Lipinski definition) is 3. The Labute approximate surface area is 145 Å². The van der Waals surface area contributed by atoms with Gasteiger partial charge >= 0.3 is 6.03 Å². The summed E-state index contributed by atoms with van der Waals surface area (Å²) in [5.74, 6) is -0.0457. The van der Waals surface area contributed by atoms with E-state index in [2.05, 4.69) is 16.0 Å². The Bertz CT molecular complexity index is 677. The van der Waals surface area contributed by atoms with Gasteiger partial charge in [0.15, 0.2) is 0 Å². The molecule has 5 nitrogen and oxygen atoms in total. The van der Waals surface area contributed by atoms with E-state index in [1.54, 1.807) is 35.6 Å². The molecule has 1 saturated carbocycles. The van der Waals surface area contributed by atoms with Gasteiger partial charge in [0.05, 0.1) is 6.54 Å². The molecule has 1 aromatic heterocycles. The minimum Gasteiger partial charge on any atom is -0.349 e. The van der Waals surface area contributed by atoms with Crippen molar-refractivity contribution in [3.63, 3.8) is 0 Å². The van der Waals surface area contributed by atoms with Crippen LogP contribution in [-0.4, -0.2) is 18.0 Å². The third kappa shape index (κ3) is 4.58. The molecule has 0 unspecified atom stereocenters. The maximum Gasteiger partial charge on any atom is 0.319 e. The highest BCUT2D eigenvalue weighted by Crippen LogP contribution is 2.18. The first kappa shape index (κ1) is 16.5. The number of anilines is 1. The zero-order chi connectivity index (χ0) is 16.8. The Morgan fingerprint density at radius 2 is 1.83 bits per heavy atom. The second-order valence-corrected chi connectivity index (χ2v) is 6.95. The van der Waals surface area contributed by atoms with Crippen LogP contribution in [0.1, 0.15) is 40.9 Å². The Balaban J connectivity index is 1.48. The lowest BCUT2D eigenvalue weighted by atomic mass is 10.1. The predicted molar refractivity (Wildman–Crippen MR) is 96.3 cm³/mol. The van der Waals surface area contributed by atoms with E-state index in [1.165, 1.54) is 12.8 Å². The Morgan fingerprint density at radius 1 is 1.08 bits per heavy atom. The SMILES string of the molecule is O=C(NCc1cccs1)Nc1ccc(C(=O)NC2CCCC2)cc1. The Hall–Kier alpha value is -2.34. The summed E-state index contributed by atoms with van der Waals surface area (Å²) in [5.41, 5.74) is 1.28. The second kappa shape index (κ2) is 7.97. The van der Waals surface area contributed by atoms with Crippen LogP contribution in [-0.2, 0) is 6.54 Å². The van der Waals surface area contributed by atoms with Gasteiger partial charge in [0, 0.05) is 22.2 Å². The van der Waals surface area contributed by atoms with Crippen molar-refractivity contribution in [2.75, 3.05) is 5.32 Å². The quantitative estimate of drug-likeness (QED) is 0.774. The number of amides is 3. The molecule has 0 atom stereocenters. The number of thiophene rings is 1. The van der Waals surface area contributed by atoms with Crippen LogP contribution in [0.3, 0.4) is 0 Å². The third-order valence-corrected chi connectivity index (χ3v) is 4.98. The third-order valence-electron chi connectivity index (χ3n) is 4.10. The molecule has 1 aromatic carbocycles. The first-order chi connectivity index (χ1) is 11.7. The summed E-state index contributed by atoms with van der Waals surface area (Å²) < 4.78 is 0. The van der Waals surface area contributed by atoms with Crippen molar-refractivity contribution < 1.29 is 9.59 Å². The highest BCUT2D eigenvalue weighted by Gasteiger charge is 2.17. The fraction of sp³-hybridized carbons (Fsp3) is 0.333. The average Bonchev–Trinajstić information content (AvgIpc) is 3.27. The first-order valence-corrected chi connectivity index (χ1v) is 9.07. The zero-order valence-electron chi connectivity index (χ0n) is 13.4. The van der Waals surface area contributed by atoms with E-state index in [4.69, 9.17) is 0 Å². The maximum atomic E-state index is 12.2. The van der Waals surface area contributed by atoms with Crippen LogP contribution < -0.4 is 16.0 Å².